The van der Waals surface area contributed by atoms with Gasteiger partial charge in [0.15, 0.2) is 6.61 Å². The highest BCUT2D eigenvalue weighted by Crippen LogP contribution is 2.23. The summed E-state index contributed by atoms with van der Waals surface area (Å²) in [4.78, 5) is 39.0. The van der Waals surface area contributed by atoms with E-state index in [0.717, 1.165) is 12.0 Å². The number of thiophene rings is 1. The second-order valence-electron chi connectivity index (χ2n) is 6.32. The Kier molecular flexibility index (Phi) is 6.40. The number of esters is 1. The fourth-order valence-corrected chi connectivity index (χ4v) is 3.70. The molecule has 0 saturated carbocycles. The summed E-state index contributed by atoms with van der Waals surface area (Å²) >= 11 is 1.33. The lowest BCUT2D eigenvalue weighted by molar-refractivity contribution is -0.151. The molecule has 28 heavy (non-hydrogen) atoms. The van der Waals surface area contributed by atoms with Crippen molar-refractivity contribution in [3.05, 3.63) is 52.2 Å². The third-order valence-electron chi connectivity index (χ3n) is 4.38. The van der Waals surface area contributed by atoms with Crippen LogP contribution >= 0.6 is 11.3 Å². The zero-order valence-corrected chi connectivity index (χ0v) is 15.9. The van der Waals surface area contributed by atoms with Gasteiger partial charge in [-0.05, 0) is 42.0 Å². The summed E-state index contributed by atoms with van der Waals surface area (Å²) in [7, 11) is 0. The summed E-state index contributed by atoms with van der Waals surface area (Å²) in [5.41, 5.74) is 1.40. The van der Waals surface area contributed by atoms with Gasteiger partial charge in [-0.25, -0.2) is 4.79 Å². The normalized spacial score (nSPS) is 15.7. The number of rotatable bonds is 6. The molecule has 1 fully saturated rings. The fourth-order valence-electron chi connectivity index (χ4n) is 3.02. The van der Waals surface area contributed by atoms with Crippen molar-refractivity contribution in [1.29, 1.82) is 5.26 Å². The zero-order valence-electron chi connectivity index (χ0n) is 15.1. The lowest BCUT2D eigenvalue weighted by Gasteiger charge is -2.22. The molecule has 1 N–H and O–H groups in total. The fraction of sp³-hybridized carbons (Fsp3) is 0.300. The van der Waals surface area contributed by atoms with Crippen LogP contribution < -0.4 is 5.32 Å². The molecule has 0 bridgehead atoms. The molecule has 0 radical (unpaired) electrons. The number of hydrogen-bond acceptors (Lipinski definition) is 6. The minimum Gasteiger partial charge on any atom is -0.454 e. The minimum atomic E-state index is -0.660. The maximum absolute atomic E-state index is 12.5. The van der Waals surface area contributed by atoms with Crippen molar-refractivity contribution in [3.63, 3.8) is 0 Å². The van der Waals surface area contributed by atoms with Gasteiger partial charge >= 0.3 is 5.97 Å². The number of amides is 2. The Morgan fingerprint density at radius 2 is 2.04 bits per heavy atom. The van der Waals surface area contributed by atoms with Gasteiger partial charge in [0.1, 0.15) is 6.04 Å². The van der Waals surface area contributed by atoms with Crippen molar-refractivity contribution in [2.24, 2.45) is 0 Å². The number of ether oxygens (including phenoxy) is 1. The molecule has 0 spiro atoms. The van der Waals surface area contributed by atoms with Gasteiger partial charge in [0.2, 0.25) is 0 Å². The molecular weight excluding hydrogens is 378 g/mol. The van der Waals surface area contributed by atoms with Crippen molar-refractivity contribution in [2.75, 3.05) is 18.5 Å². The van der Waals surface area contributed by atoms with E-state index in [2.05, 4.69) is 11.4 Å². The van der Waals surface area contributed by atoms with Gasteiger partial charge < -0.3 is 15.0 Å². The van der Waals surface area contributed by atoms with Gasteiger partial charge in [0.05, 0.1) is 17.4 Å². The summed E-state index contributed by atoms with van der Waals surface area (Å²) < 4.78 is 5.14. The van der Waals surface area contributed by atoms with E-state index < -0.39 is 24.5 Å². The summed E-state index contributed by atoms with van der Waals surface area (Å²) in [5, 5.41) is 13.1. The topological polar surface area (TPSA) is 99.5 Å². The summed E-state index contributed by atoms with van der Waals surface area (Å²) in [6.07, 6.45) is 1.55. The highest BCUT2D eigenvalue weighted by Gasteiger charge is 2.36. The van der Waals surface area contributed by atoms with Crippen LogP contribution in [-0.2, 0) is 20.7 Å². The Labute approximate surface area is 166 Å². The number of nitrogens with zero attached hydrogens (tertiary/aromatic N) is 2. The molecule has 2 amide bonds. The summed E-state index contributed by atoms with van der Waals surface area (Å²) in [6.45, 7) is 0.0774. The van der Waals surface area contributed by atoms with Crippen LogP contribution in [0.2, 0.25) is 0 Å². The molecule has 1 atom stereocenters. The Hall–Kier alpha value is -3.18. The average Bonchev–Trinajstić information content (AvgIpc) is 3.39. The third-order valence-corrected chi connectivity index (χ3v) is 5.24. The highest BCUT2D eigenvalue weighted by molar-refractivity contribution is 7.12. The third kappa shape index (κ3) is 4.75. The number of nitrogens with one attached hydrogen (secondary N) is 1. The first-order chi connectivity index (χ1) is 13.6. The van der Waals surface area contributed by atoms with Crippen molar-refractivity contribution >= 4 is 34.8 Å². The SMILES string of the molecule is N#CCc1ccc(NC(=O)COC(=O)[C@@H]2CCCN2C(=O)c2cccs2)cc1. The molecule has 1 aromatic heterocycles. The molecule has 1 aliphatic heterocycles. The second-order valence-corrected chi connectivity index (χ2v) is 7.27. The van der Waals surface area contributed by atoms with Gasteiger partial charge in [-0.3, -0.25) is 9.59 Å². The van der Waals surface area contributed by atoms with Crippen LogP contribution in [0.5, 0.6) is 0 Å². The highest BCUT2D eigenvalue weighted by atomic mass is 32.1. The van der Waals surface area contributed by atoms with E-state index in [-0.39, 0.29) is 5.91 Å². The van der Waals surface area contributed by atoms with Gasteiger partial charge in [-0.2, -0.15) is 5.26 Å². The van der Waals surface area contributed by atoms with Crippen LogP contribution in [0.25, 0.3) is 0 Å². The van der Waals surface area contributed by atoms with Crippen LogP contribution in [0.3, 0.4) is 0 Å². The second kappa shape index (κ2) is 9.15. The number of anilines is 1. The molecule has 1 aliphatic rings. The first-order valence-corrected chi connectivity index (χ1v) is 9.73. The van der Waals surface area contributed by atoms with Gasteiger partial charge in [0.25, 0.3) is 11.8 Å². The Balaban J connectivity index is 1.50. The predicted molar refractivity (Wildman–Crippen MR) is 104 cm³/mol. The first kappa shape index (κ1) is 19.6. The molecule has 0 aliphatic carbocycles. The predicted octanol–water partition coefficient (Wildman–Crippen LogP) is 2.60. The monoisotopic (exact) mass is 397 g/mol. The minimum absolute atomic E-state index is 0.184. The molecule has 2 aromatic rings. The number of hydrogen-bond donors (Lipinski definition) is 1. The van der Waals surface area contributed by atoms with Gasteiger partial charge in [0, 0.05) is 12.2 Å². The molecule has 3 rings (SSSR count). The van der Waals surface area contributed by atoms with E-state index >= 15 is 0 Å². The maximum Gasteiger partial charge on any atom is 0.329 e. The number of carbonyl (C=O) groups excluding carboxylic acids is 3. The first-order valence-electron chi connectivity index (χ1n) is 8.85. The number of carbonyl (C=O) groups is 3. The summed E-state index contributed by atoms with van der Waals surface area (Å²) in [6, 6.07) is 11.8. The molecule has 1 aromatic carbocycles. The maximum atomic E-state index is 12.5. The van der Waals surface area contributed by atoms with E-state index in [0.29, 0.717) is 30.0 Å². The standard InChI is InChI=1S/C20H19N3O4S/c21-10-9-14-5-7-15(8-6-14)22-18(24)13-27-20(26)16-3-1-11-23(16)19(25)17-4-2-12-28-17/h2,4-8,12,16H,1,3,9,11,13H2,(H,22,24)/t16-/m0/s1. The van der Waals surface area contributed by atoms with Crippen molar-refractivity contribution in [1.82, 2.24) is 4.90 Å². The zero-order chi connectivity index (χ0) is 19.9. The molecule has 7 nitrogen and oxygen atoms in total. The van der Waals surface area contributed by atoms with Crippen LogP contribution in [0, 0.1) is 11.3 Å². The van der Waals surface area contributed by atoms with Crippen molar-refractivity contribution in [2.45, 2.75) is 25.3 Å². The van der Waals surface area contributed by atoms with E-state index in [4.69, 9.17) is 10.00 Å². The van der Waals surface area contributed by atoms with Gasteiger partial charge in [-0.15, -0.1) is 11.3 Å². The van der Waals surface area contributed by atoms with Crippen molar-refractivity contribution in [3.8, 4) is 6.07 Å². The molecule has 1 saturated heterocycles. The Morgan fingerprint density at radius 1 is 1.25 bits per heavy atom. The van der Waals surface area contributed by atoms with E-state index in [1.807, 2.05) is 5.38 Å². The molecule has 144 valence electrons. The molecule has 2 heterocycles. The van der Waals surface area contributed by atoms with E-state index in [9.17, 15) is 14.4 Å². The smallest absolute Gasteiger partial charge is 0.329 e. The van der Waals surface area contributed by atoms with Crippen LogP contribution in [0.4, 0.5) is 5.69 Å². The lowest BCUT2D eigenvalue weighted by Crippen LogP contribution is -2.41. The van der Waals surface area contributed by atoms with E-state index in [1.165, 1.54) is 16.2 Å². The Morgan fingerprint density at radius 3 is 2.71 bits per heavy atom. The lowest BCUT2D eigenvalue weighted by atomic mass is 10.1. The molecule has 8 heteroatoms. The summed E-state index contributed by atoms with van der Waals surface area (Å²) in [5.74, 6) is -1.21. The Bertz CT molecular complexity index is 887. The van der Waals surface area contributed by atoms with Crippen molar-refractivity contribution < 1.29 is 19.1 Å². The van der Waals surface area contributed by atoms with Crippen LogP contribution in [-0.4, -0.2) is 41.9 Å². The number of benzene rings is 1. The average molecular weight is 397 g/mol. The van der Waals surface area contributed by atoms with Gasteiger partial charge in [-0.1, -0.05) is 18.2 Å². The number of likely N-dealkylation sites (tertiary alicyclic amines) is 1. The van der Waals surface area contributed by atoms with Crippen LogP contribution in [0.15, 0.2) is 41.8 Å². The van der Waals surface area contributed by atoms with E-state index in [1.54, 1.807) is 36.4 Å². The molecule has 0 unspecified atom stereocenters. The number of nitriles is 1. The van der Waals surface area contributed by atoms with Crippen LogP contribution in [0.1, 0.15) is 28.1 Å². The molecular formula is C20H19N3O4S. The largest absolute Gasteiger partial charge is 0.454 e. The quantitative estimate of drug-likeness (QED) is 0.756.